The van der Waals surface area contributed by atoms with E-state index in [1.165, 1.54) is 18.4 Å². The van der Waals surface area contributed by atoms with E-state index in [1.807, 2.05) is 11.8 Å². The van der Waals surface area contributed by atoms with Gasteiger partial charge in [0.1, 0.15) is 0 Å². The molecule has 2 aliphatic heterocycles. The molecule has 3 rings (SSSR count). The van der Waals surface area contributed by atoms with E-state index >= 15 is 0 Å². The molecule has 0 radical (unpaired) electrons. The maximum atomic E-state index is 11.8. The van der Waals surface area contributed by atoms with E-state index in [0.29, 0.717) is 18.7 Å². The summed E-state index contributed by atoms with van der Waals surface area (Å²) in [6.07, 6.45) is 4.33. The Bertz CT molecular complexity index is 521. The van der Waals surface area contributed by atoms with Crippen molar-refractivity contribution in [3.05, 3.63) is 35.9 Å². The fourth-order valence-corrected chi connectivity index (χ4v) is 3.88. The minimum atomic E-state index is -0.157. The molecule has 1 aromatic rings. The van der Waals surface area contributed by atoms with Gasteiger partial charge in [0.25, 0.3) is 0 Å². The number of carbonyl (C=O) groups is 1. The lowest BCUT2D eigenvalue weighted by Crippen LogP contribution is -2.50. The molecule has 0 unspecified atom stereocenters. The first-order valence-electron chi connectivity index (χ1n) is 9.68. The molecule has 2 heterocycles. The summed E-state index contributed by atoms with van der Waals surface area (Å²) in [7, 11) is 0. The molecule has 5 nitrogen and oxygen atoms in total. The Labute approximate surface area is 151 Å². The summed E-state index contributed by atoms with van der Waals surface area (Å²) in [6.45, 7) is 7.32. The van der Waals surface area contributed by atoms with Gasteiger partial charge >= 0.3 is 6.09 Å². The molecule has 25 heavy (non-hydrogen) atoms. The minimum absolute atomic E-state index is 0.157. The van der Waals surface area contributed by atoms with Crippen LogP contribution in [0.5, 0.6) is 0 Å². The van der Waals surface area contributed by atoms with Crippen molar-refractivity contribution >= 4 is 6.09 Å². The second kappa shape index (κ2) is 9.20. The Morgan fingerprint density at radius 3 is 2.24 bits per heavy atom. The third-order valence-corrected chi connectivity index (χ3v) is 5.33. The first-order chi connectivity index (χ1) is 12.2. The van der Waals surface area contributed by atoms with Crippen LogP contribution in [-0.4, -0.2) is 60.8 Å². The fourth-order valence-electron chi connectivity index (χ4n) is 3.88. The minimum Gasteiger partial charge on any atom is -0.450 e. The molecule has 1 N–H and O–H groups in total. The van der Waals surface area contributed by atoms with Gasteiger partial charge in [-0.3, -0.25) is 4.90 Å². The molecule has 0 spiro atoms. The number of carbonyl (C=O) groups excluding carboxylic acids is 1. The van der Waals surface area contributed by atoms with Gasteiger partial charge in [-0.05, 0) is 51.3 Å². The van der Waals surface area contributed by atoms with E-state index in [9.17, 15) is 4.79 Å². The predicted molar refractivity (Wildman–Crippen MR) is 99.5 cm³/mol. The summed E-state index contributed by atoms with van der Waals surface area (Å²) in [5, 5.41) is 3.83. The second-order valence-electron chi connectivity index (χ2n) is 7.16. The average molecular weight is 345 g/mol. The third kappa shape index (κ3) is 5.44. The monoisotopic (exact) mass is 345 g/mol. The van der Waals surface area contributed by atoms with Crippen LogP contribution in [0.2, 0.25) is 0 Å². The van der Waals surface area contributed by atoms with E-state index in [2.05, 4.69) is 40.5 Å². The highest BCUT2D eigenvalue weighted by atomic mass is 16.6. The molecule has 2 aliphatic rings. The van der Waals surface area contributed by atoms with Crippen LogP contribution < -0.4 is 5.32 Å². The van der Waals surface area contributed by atoms with Crippen LogP contribution in [0, 0.1) is 0 Å². The lowest BCUT2D eigenvalue weighted by Gasteiger charge is -2.37. The van der Waals surface area contributed by atoms with E-state index in [1.54, 1.807) is 0 Å². The number of rotatable bonds is 5. The number of likely N-dealkylation sites (tertiary alicyclic amines) is 2. The SMILES string of the molecule is CCOC(=O)N1CCC(NC2CCN(Cc3ccccc3)CC2)CC1. The molecule has 1 aromatic carbocycles. The number of hydrogen-bond donors (Lipinski definition) is 1. The molecule has 138 valence electrons. The van der Waals surface area contributed by atoms with Gasteiger partial charge in [-0.15, -0.1) is 0 Å². The van der Waals surface area contributed by atoms with Gasteiger partial charge in [-0.25, -0.2) is 4.79 Å². The molecule has 5 heteroatoms. The molecule has 0 atom stereocenters. The zero-order valence-electron chi connectivity index (χ0n) is 15.3. The maximum Gasteiger partial charge on any atom is 0.409 e. The summed E-state index contributed by atoms with van der Waals surface area (Å²) in [4.78, 5) is 16.1. The maximum absolute atomic E-state index is 11.8. The number of ether oxygens (including phenoxy) is 1. The van der Waals surface area contributed by atoms with E-state index in [-0.39, 0.29) is 6.09 Å². The molecule has 0 bridgehead atoms. The van der Waals surface area contributed by atoms with E-state index < -0.39 is 0 Å². The van der Waals surface area contributed by atoms with Gasteiger partial charge in [0.05, 0.1) is 6.61 Å². The van der Waals surface area contributed by atoms with Crippen LogP contribution in [0.1, 0.15) is 38.2 Å². The van der Waals surface area contributed by atoms with Crippen LogP contribution in [0.4, 0.5) is 4.79 Å². The fraction of sp³-hybridized carbons (Fsp3) is 0.650. The van der Waals surface area contributed by atoms with Crippen molar-refractivity contribution in [1.29, 1.82) is 0 Å². The summed E-state index contributed by atoms with van der Waals surface area (Å²) in [6, 6.07) is 11.9. The highest BCUT2D eigenvalue weighted by Crippen LogP contribution is 2.17. The molecule has 0 aliphatic carbocycles. The van der Waals surface area contributed by atoms with Crippen molar-refractivity contribution in [1.82, 2.24) is 15.1 Å². The van der Waals surface area contributed by atoms with Crippen LogP contribution in [-0.2, 0) is 11.3 Å². The van der Waals surface area contributed by atoms with Gasteiger partial charge in [-0.2, -0.15) is 0 Å². The number of amides is 1. The van der Waals surface area contributed by atoms with Gasteiger partial charge < -0.3 is 15.0 Å². The van der Waals surface area contributed by atoms with E-state index in [4.69, 9.17) is 4.74 Å². The van der Waals surface area contributed by atoms with Gasteiger partial charge in [0.15, 0.2) is 0 Å². The Balaban J connectivity index is 1.35. The van der Waals surface area contributed by atoms with Crippen molar-refractivity contribution in [2.75, 3.05) is 32.8 Å². The summed E-state index contributed by atoms with van der Waals surface area (Å²) in [5.41, 5.74) is 1.40. The van der Waals surface area contributed by atoms with Crippen molar-refractivity contribution < 1.29 is 9.53 Å². The first-order valence-corrected chi connectivity index (χ1v) is 9.68. The molecule has 2 saturated heterocycles. The molecular weight excluding hydrogens is 314 g/mol. The quantitative estimate of drug-likeness (QED) is 0.891. The lowest BCUT2D eigenvalue weighted by molar-refractivity contribution is 0.0923. The predicted octanol–water partition coefficient (Wildman–Crippen LogP) is 2.86. The van der Waals surface area contributed by atoms with Crippen LogP contribution in [0.15, 0.2) is 30.3 Å². The highest BCUT2D eigenvalue weighted by molar-refractivity contribution is 5.67. The van der Waals surface area contributed by atoms with Gasteiger partial charge in [0, 0.05) is 31.7 Å². The summed E-state index contributed by atoms with van der Waals surface area (Å²) >= 11 is 0. The second-order valence-corrected chi connectivity index (χ2v) is 7.16. The zero-order chi connectivity index (χ0) is 17.5. The average Bonchev–Trinajstić information content (AvgIpc) is 2.65. The van der Waals surface area contributed by atoms with Crippen molar-refractivity contribution in [3.8, 4) is 0 Å². The van der Waals surface area contributed by atoms with E-state index in [0.717, 1.165) is 45.6 Å². The van der Waals surface area contributed by atoms with Crippen molar-refractivity contribution in [3.63, 3.8) is 0 Å². The Hall–Kier alpha value is -1.59. The highest BCUT2D eigenvalue weighted by Gasteiger charge is 2.26. The van der Waals surface area contributed by atoms with Gasteiger partial charge in [0.2, 0.25) is 0 Å². The van der Waals surface area contributed by atoms with Crippen LogP contribution >= 0.6 is 0 Å². The topological polar surface area (TPSA) is 44.8 Å². The van der Waals surface area contributed by atoms with Crippen LogP contribution in [0.25, 0.3) is 0 Å². The van der Waals surface area contributed by atoms with Gasteiger partial charge in [-0.1, -0.05) is 30.3 Å². The Morgan fingerprint density at radius 2 is 1.64 bits per heavy atom. The smallest absolute Gasteiger partial charge is 0.409 e. The number of hydrogen-bond acceptors (Lipinski definition) is 4. The third-order valence-electron chi connectivity index (χ3n) is 5.33. The molecule has 0 saturated carbocycles. The molecular formula is C20H31N3O2. The Morgan fingerprint density at radius 1 is 1.04 bits per heavy atom. The number of piperidine rings is 2. The number of nitrogens with one attached hydrogen (secondary N) is 1. The lowest BCUT2D eigenvalue weighted by atomic mass is 9.99. The standard InChI is InChI=1S/C20H31N3O2/c1-2-25-20(24)23-14-10-19(11-15-23)21-18-8-12-22(13-9-18)16-17-6-4-3-5-7-17/h3-7,18-19,21H,2,8-16H2,1H3. The first kappa shape index (κ1) is 18.2. The van der Waals surface area contributed by atoms with Crippen molar-refractivity contribution in [2.24, 2.45) is 0 Å². The molecule has 2 fully saturated rings. The molecule has 0 aromatic heterocycles. The summed E-state index contributed by atoms with van der Waals surface area (Å²) < 4.78 is 5.09. The normalized spacial score (nSPS) is 20.6. The summed E-state index contributed by atoms with van der Waals surface area (Å²) in [5.74, 6) is 0. The largest absolute Gasteiger partial charge is 0.450 e. The van der Waals surface area contributed by atoms with Crippen LogP contribution in [0.3, 0.4) is 0 Å². The number of benzene rings is 1. The van der Waals surface area contributed by atoms with Crippen molar-refractivity contribution in [2.45, 2.75) is 51.2 Å². The zero-order valence-corrected chi connectivity index (χ0v) is 15.3. The number of nitrogens with zero attached hydrogens (tertiary/aromatic N) is 2. The Kier molecular flexibility index (Phi) is 6.70. The molecule has 1 amide bonds.